The van der Waals surface area contributed by atoms with Gasteiger partial charge < -0.3 is 10.4 Å². The van der Waals surface area contributed by atoms with Crippen molar-refractivity contribution in [2.45, 2.75) is 57.1 Å². The van der Waals surface area contributed by atoms with Crippen LogP contribution in [0, 0.1) is 18.8 Å². The van der Waals surface area contributed by atoms with E-state index in [1.165, 1.54) is 5.57 Å². The van der Waals surface area contributed by atoms with Gasteiger partial charge in [-0.2, -0.15) is 0 Å². The fourth-order valence-electron chi connectivity index (χ4n) is 4.58. The highest BCUT2D eigenvalue weighted by atomic mass is 16.3. The summed E-state index contributed by atoms with van der Waals surface area (Å²) >= 11 is 0. The molecule has 6 rings (SSSR count). The molecule has 1 amide bonds. The monoisotopic (exact) mass is 312 g/mol. The van der Waals surface area contributed by atoms with Crippen molar-refractivity contribution in [3.05, 3.63) is 41.2 Å². The van der Waals surface area contributed by atoms with Crippen LogP contribution in [0.5, 0.6) is 0 Å². The van der Waals surface area contributed by atoms with Crippen LogP contribution < -0.4 is 5.32 Å². The van der Waals surface area contributed by atoms with E-state index in [1.807, 2.05) is 26.8 Å². The van der Waals surface area contributed by atoms with Gasteiger partial charge in [-0.1, -0.05) is 17.7 Å². The third-order valence-corrected chi connectivity index (χ3v) is 6.10. The molecule has 4 atom stereocenters. The van der Waals surface area contributed by atoms with Crippen molar-refractivity contribution in [3.63, 3.8) is 0 Å². The summed E-state index contributed by atoms with van der Waals surface area (Å²) in [5.41, 5.74) is 2.34. The summed E-state index contributed by atoms with van der Waals surface area (Å²) in [7, 11) is 0. The van der Waals surface area contributed by atoms with E-state index in [2.05, 4.69) is 16.4 Å². The van der Waals surface area contributed by atoms with Gasteiger partial charge in [-0.3, -0.25) is 9.78 Å². The topological polar surface area (TPSA) is 62.2 Å². The summed E-state index contributed by atoms with van der Waals surface area (Å²) in [4.78, 5) is 17.1. The summed E-state index contributed by atoms with van der Waals surface area (Å²) in [6.07, 6.45) is 8.16. The van der Waals surface area contributed by atoms with Crippen molar-refractivity contribution in [3.8, 4) is 0 Å². The third-order valence-electron chi connectivity index (χ3n) is 6.10. The maximum atomic E-state index is 12.9. The highest BCUT2D eigenvalue weighted by molar-refractivity contribution is 5.87. The van der Waals surface area contributed by atoms with E-state index in [-0.39, 0.29) is 11.9 Å². The molecule has 1 aromatic heterocycles. The van der Waals surface area contributed by atoms with E-state index in [4.69, 9.17) is 0 Å². The van der Waals surface area contributed by atoms with Gasteiger partial charge in [0.05, 0.1) is 11.0 Å². The van der Waals surface area contributed by atoms with Crippen molar-refractivity contribution in [2.24, 2.45) is 11.8 Å². The largest absolute Gasteiger partial charge is 0.390 e. The minimum absolute atomic E-state index is 0.0509. The predicted octanol–water partition coefficient (Wildman–Crippen LogP) is 2.25. The first kappa shape index (κ1) is 14.9. The van der Waals surface area contributed by atoms with Gasteiger partial charge in [0.15, 0.2) is 0 Å². The van der Waals surface area contributed by atoms with Gasteiger partial charge in [0, 0.05) is 30.3 Å². The predicted molar refractivity (Wildman–Crippen MR) is 87.8 cm³/mol. The molecule has 0 radical (unpaired) electrons. The quantitative estimate of drug-likeness (QED) is 0.842. The first-order valence-corrected chi connectivity index (χ1v) is 8.46. The maximum Gasteiger partial charge on any atom is 0.230 e. The number of carbonyl (C=O) groups is 1. The van der Waals surface area contributed by atoms with Gasteiger partial charge in [0.2, 0.25) is 5.91 Å². The van der Waals surface area contributed by atoms with E-state index < -0.39 is 11.0 Å². The Hall–Kier alpha value is -1.68. The van der Waals surface area contributed by atoms with Crippen molar-refractivity contribution < 1.29 is 9.90 Å². The van der Waals surface area contributed by atoms with Crippen molar-refractivity contribution in [2.75, 3.05) is 0 Å². The fourth-order valence-corrected chi connectivity index (χ4v) is 4.58. The van der Waals surface area contributed by atoms with Gasteiger partial charge >= 0.3 is 0 Å². The number of amides is 1. The second-order valence-electron chi connectivity index (χ2n) is 8.13. The summed E-state index contributed by atoms with van der Waals surface area (Å²) in [5.74, 6) is 0.723. The molecule has 5 aliphatic rings. The number of fused-ring (bicyclic) bond motifs is 1. The fraction of sp³-hybridized carbons (Fsp3) is 0.579. The molecule has 4 nitrogen and oxygen atoms in total. The average molecular weight is 312 g/mol. The molecular weight excluding hydrogens is 288 g/mol. The molecule has 2 N–H and O–H groups in total. The zero-order chi connectivity index (χ0) is 16.4. The number of rotatable bonds is 3. The van der Waals surface area contributed by atoms with E-state index in [1.54, 1.807) is 12.4 Å². The molecule has 122 valence electrons. The zero-order valence-electron chi connectivity index (χ0n) is 14.0. The molecule has 3 fully saturated rings. The summed E-state index contributed by atoms with van der Waals surface area (Å²) in [5, 5.41) is 13.7. The zero-order valence-corrected chi connectivity index (χ0v) is 14.0. The number of pyridine rings is 1. The SMILES string of the molecule is Cc1cncc(C(C)(C)C(=O)N[C@@H]2[C@@H]3C[C@]4(O)CC=C3[C@@H]2C4)c1. The molecule has 3 saturated carbocycles. The number of nitrogens with one attached hydrogen (secondary N) is 1. The van der Waals surface area contributed by atoms with Crippen LogP contribution in [0.3, 0.4) is 0 Å². The van der Waals surface area contributed by atoms with Crippen LogP contribution >= 0.6 is 0 Å². The first-order valence-electron chi connectivity index (χ1n) is 8.46. The number of nitrogens with zero attached hydrogens (tertiary/aromatic N) is 1. The van der Waals surface area contributed by atoms with Gasteiger partial charge in [-0.15, -0.1) is 0 Å². The molecular formula is C19H24N2O2. The Morgan fingerprint density at radius 2 is 2.04 bits per heavy atom. The lowest BCUT2D eigenvalue weighted by Gasteiger charge is -2.60. The van der Waals surface area contributed by atoms with Gasteiger partial charge in [0.25, 0.3) is 0 Å². The van der Waals surface area contributed by atoms with Crippen LogP contribution in [0.15, 0.2) is 30.1 Å². The van der Waals surface area contributed by atoms with Gasteiger partial charge in [-0.05, 0) is 51.2 Å². The second kappa shape index (κ2) is 4.67. The molecule has 1 aromatic rings. The smallest absolute Gasteiger partial charge is 0.230 e. The van der Waals surface area contributed by atoms with Crippen LogP contribution in [0.25, 0.3) is 0 Å². The van der Waals surface area contributed by atoms with Gasteiger partial charge in [0.1, 0.15) is 0 Å². The van der Waals surface area contributed by atoms with Crippen molar-refractivity contribution in [1.29, 1.82) is 0 Å². The summed E-state index contributed by atoms with van der Waals surface area (Å²) in [6, 6.07) is 2.22. The third kappa shape index (κ3) is 2.15. The molecule has 0 unspecified atom stereocenters. The average Bonchev–Trinajstić information content (AvgIpc) is 2.51. The number of hydrogen-bond acceptors (Lipinski definition) is 3. The number of aromatic nitrogens is 1. The minimum atomic E-state index is -0.604. The summed E-state index contributed by atoms with van der Waals surface area (Å²) in [6.45, 7) is 5.89. The lowest BCUT2D eigenvalue weighted by Crippen LogP contribution is -2.66. The Kier molecular flexibility index (Phi) is 3.02. The first-order chi connectivity index (χ1) is 10.8. The Labute approximate surface area is 137 Å². The molecule has 4 heteroatoms. The Morgan fingerprint density at radius 3 is 2.65 bits per heavy atom. The van der Waals surface area contributed by atoms with Crippen molar-refractivity contribution in [1.82, 2.24) is 10.3 Å². The number of aryl methyl sites for hydroxylation is 1. The second-order valence-corrected chi connectivity index (χ2v) is 8.13. The van der Waals surface area contributed by atoms with Gasteiger partial charge in [-0.25, -0.2) is 0 Å². The Bertz CT molecular complexity index is 691. The van der Waals surface area contributed by atoms with E-state index in [0.717, 1.165) is 30.4 Å². The lowest BCUT2D eigenvalue weighted by atomic mass is 9.49. The van der Waals surface area contributed by atoms with Crippen LogP contribution in [0.2, 0.25) is 0 Å². The molecule has 1 heterocycles. The molecule has 0 saturated heterocycles. The number of hydrogen-bond donors (Lipinski definition) is 2. The van der Waals surface area contributed by atoms with Crippen LogP contribution in [-0.4, -0.2) is 27.6 Å². The maximum absolute atomic E-state index is 12.9. The minimum Gasteiger partial charge on any atom is -0.390 e. The van der Waals surface area contributed by atoms with Crippen LogP contribution in [0.1, 0.15) is 44.2 Å². The Balaban J connectivity index is 1.51. The lowest BCUT2D eigenvalue weighted by molar-refractivity contribution is -0.132. The Morgan fingerprint density at radius 1 is 1.35 bits per heavy atom. The van der Waals surface area contributed by atoms with Crippen molar-refractivity contribution >= 4 is 5.91 Å². The van der Waals surface area contributed by atoms with E-state index >= 15 is 0 Å². The van der Waals surface area contributed by atoms with E-state index in [0.29, 0.717) is 11.8 Å². The van der Waals surface area contributed by atoms with E-state index in [9.17, 15) is 9.90 Å². The molecule has 23 heavy (non-hydrogen) atoms. The molecule has 0 aliphatic heterocycles. The molecule has 0 spiro atoms. The van der Waals surface area contributed by atoms with Crippen LogP contribution in [0.4, 0.5) is 0 Å². The highest BCUT2D eigenvalue weighted by Gasteiger charge is 2.59. The molecule has 0 aromatic carbocycles. The number of aliphatic hydroxyl groups is 1. The number of carbonyl (C=O) groups excluding carboxylic acids is 1. The normalized spacial score (nSPS) is 34.6. The molecule has 4 bridgehead atoms. The van der Waals surface area contributed by atoms with Crippen LogP contribution in [-0.2, 0) is 10.2 Å². The standard InChI is InChI=1S/C19H24N2O2/c1-11-6-12(10-20-9-11)18(2,3)17(22)21-16-14-7-19(23)5-4-13(14)15(16)8-19/h4,6,9-10,14-16,23H,5,7-8H2,1-3H3,(H,21,22)/t14-,15+,16-,19-. The molecule has 5 aliphatic carbocycles. The summed E-state index contributed by atoms with van der Waals surface area (Å²) < 4.78 is 0. The highest BCUT2D eigenvalue weighted by Crippen LogP contribution is 2.58.